The molecule has 0 aliphatic heterocycles. The van der Waals surface area contributed by atoms with E-state index in [-0.39, 0.29) is 17.6 Å². The minimum Gasteiger partial charge on any atom is -0.383 e. The Balaban J connectivity index is 2.63. The molecule has 0 saturated heterocycles. The average Bonchev–Trinajstić information content (AvgIpc) is 2.20. The van der Waals surface area contributed by atoms with E-state index in [1.807, 2.05) is 0 Å². The molecule has 0 aromatic heterocycles. The zero-order chi connectivity index (χ0) is 12.9. The molecule has 0 heterocycles. The van der Waals surface area contributed by atoms with E-state index in [1.54, 1.807) is 6.92 Å². The molecule has 0 bridgehead atoms. The Kier molecular flexibility index (Phi) is 5.04. The quantitative estimate of drug-likeness (QED) is 0.839. The van der Waals surface area contributed by atoms with Crippen LogP contribution in [0.25, 0.3) is 0 Å². The van der Waals surface area contributed by atoms with Gasteiger partial charge in [-0.1, -0.05) is 12.1 Å². The van der Waals surface area contributed by atoms with Gasteiger partial charge in [0.2, 0.25) is 10.0 Å². The average molecular weight is 261 g/mol. The SMILES string of the molecule is COC[C@H](C)NS(=O)(=O)Cc1ccc(F)cc1. The van der Waals surface area contributed by atoms with Crippen LogP contribution in [0.2, 0.25) is 0 Å². The van der Waals surface area contributed by atoms with Crippen molar-refractivity contribution >= 4 is 10.0 Å². The van der Waals surface area contributed by atoms with Crippen molar-refractivity contribution < 1.29 is 17.5 Å². The molecular weight excluding hydrogens is 245 g/mol. The number of halogens is 1. The van der Waals surface area contributed by atoms with Gasteiger partial charge in [-0.05, 0) is 24.6 Å². The fraction of sp³-hybridized carbons (Fsp3) is 0.455. The lowest BCUT2D eigenvalue weighted by Gasteiger charge is -2.13. The number of ether oxygens (including phenoxy) is 1. The largest absolute Gasteiger partial charge is 0.383 e. The maximum Gasteiger partial charge on any atom is 0.216 e. The third kappa shape index (κ3) is 5.25. The second kappa shape index (κ2) is 6.09. The number of rotatable bonds is 6. The molecule has 1 N–H and O–H groups in total. The van der Waals surface area contributed by atoms with E-state index in [0.717, 1.165) is 0 Å². The highest BCUT2D eigenvalue weighted by molar-refractivity contribution is 7.88. The topological polar surface area (TPSA) is 55.4 Å². The molecule has 0 amide bonds. The minimum absolute atomic E-state index is 0.165. The van der Waals surface area contributed by atoms with E-state index in [9.17, 15) is 12.8 Å². The predicted molar refractivity (Wildman–Crippen MR) is 63.5 cm³/mol. The molecule has 1 atom stereocenters. The summed E-state index contributed by atoms with van der Waals surface area (Å²) in [6.45, 7) is 2.02. The molecule has 0 aliphatic rings. The smallest absolute Gasteiger partial charge is 0.216 e. The zero-order valence-electron chi connectivity index (χ0n) is 9.81. The van der Waals surface area contributed by atoms with Crippen molar-refractivity contribution in [2.45, 2.75) is 18.7 Å². The third-order valence-corrected chi connectivity index (χ3v) is 3.54. The highest BCUT2D eigenvalue weighted by Gasteiger charge is 2.15. The molecule has 0 saturated carbocycles. The van der Waals surface area contributed by atoms with Crippen LogP contribution in [-0.4, -0.2) is 28.2 Å². The number of sulfonamides is 1. The van der Waals surface area contributed by atoms with Crippen LogP contribution in [0.15, 0.2) is 24.3 Å². The highest BCUT2D eigenvalue weighted by atomic mass is 32.2. The summed E-state index contributed by atoms with van der Waals surface area (Å²) in [5, 5.41) is 0. The summed E-state index contributed by atoms with van der Waals surface area (Å²) in [4.78, 5) is 0. The Morgan fingerprint density at radius 1 is 1.35 bits per heavy atom. The van der Waals surface area contributed by atoms with Crippen molar-refractivity contribution in [3.63, 3.8) is 0 Å². The fourth-order valence-corrected chi connectivity index (χ4v) is 2.83. The Bertz CT molecular complexity index is 444. The van der Waals surface area contributed by atoms with Gasteiger partial charge in [-0.15, -0.1) is 0 Å². The summed E-state index contributed by atoms with van der Waals surface area (Å²) in [5.74, 6) is -0.548. The molecular formula is C11H16FNO3S. The standard InChI is InChI=1S/C11H16FNO3S/c1-9(7-16-2)13-17(14,15)8-10-3-5-11(12)6-4-10/h3-6,9,13H,7-8H2,1-2H3/t9-/m0/s1. The van der Waals surface area contributed by atoms with Gasteiger partial charge >= 0.3 is 0 Å². The number of hydrogen-bond donors (Lipinski definition) is 1. The van der Waals surface area contributed by atoms with Gasteiger partial charge < -0.3 is 4.74 Å². The van der Waals surface area contributed by atoms with Crippen LogP contribution in [0.5, 0.6) is 0 Å². The van der Waals surface area contributed by atoms with E-state index in [1.165, 1.54) is 31.4 Å². The maximum absolute atomic E-state index is 12.6. The van der Waals surface area contributed by atoms with Gasteiger partial charge in [-0.3, -0.25) is 0 Å². The maximum atomic E-state index is 12.6. The fourth-order valence-electron chi connectivity index (χ4n) is 1.43. The summed E-state index contributed by atoms with van der Waals surface area (Å²) in [6.07, 6.45) is 0. The second-order valence-electron chi connectivity index (χ2n) is 3.86. The number of hydrogen-bond acceptors (Lipinski definition) is 3. The van der Waals surface area contributed by atoms with Gasteiger partial charge in [0.25, 0.3) is 0 Å². The first kappa shape index (κ1) is 14.1. The normalized spacial score (nSPS) is 13.6. The Labute approximate surface area is 101 Å². The first-order valence-electron chi connectivity index (χ1n) is 5.16. The number of methoxy groups -OCH3 is 1. The van der Waals surface area contributed by atoms with E-state index >= 15 is 0 Å². The molecule has 1 rings (SSSR count). The van der Waals surface area contributed by atoms with Gasteiger partial charge in [0.1, 0.15) is 5.82 Å². The van der Waals surface area contributed by atoms with Crippen molar-refractivity contribution in [2.75, 3.05) is 13.7 Å². The Morgan fingerprint density at radius 3 is 2.47 bits per heavy atom. The predicted octanol–water partition coefficient (Wildman–Crippen LogP) is 1.28. The van der Waals surface area contributed by atoms with Crippen LogP contribution in [-0.2, 0) is 20.5 Å². The van der Waals surface area contributed by atoms with Crippen LogP contribution in [0, 0.1) is 5.82 Å². The molecule has 4 nitrogen and oxygen atoms in total. The van der Waals surface area contributed by atoms with Crippen molar-refractivity contribution in [1.82, 2.24) is 4.72 Å². The molecule has 17 heavy (non-hydrogen) atoms. The highest BCUT2D eigenvalue weighted by Crippen LogP contribution is 2.07. The van der Waals surface area contributed by atoms with Gasteiger partial charge in [0.15, 0.2) is 0 Å². The molecule has 0 radical (unpaired) electrons. The van der Waals surface area contributed by atoms with Crippen molar-refractivity contribution in [1.29, 1.82) is 0 Å². The van der Waals surface area contributed by atoms with Crippen LogP contribution >= 0.6 is 0 Å². The summed E-state index contributed by atoms with van der Waals surface area (Å²) in [6, 6.07) is 5.10. The molecule has 0 spiro atoms. The van der Waals surface area contributed by atoms with Crippen LogP contribution < -0.4 is 4.72 Å². The first-order chi connectivity index (χ1) is 7.93. The Hall–Kier alpha value is -0.980. The monoisotopic (exact) mass is 261 g/mol. The van der Waals surface area contributed by atoms with Gasteiger partial charge in [0, 0.05) is 13.2 Å². The van der Waals surface area contributed by atoms with Gasteiger partial charge in [0.05, 0.1) is 12.4 Å². The summed E-state index contributed by atoms with van der Waals surface area (Å²) in [5.41, 5.74) is 0.545. The molecule has 0 unspecified atom stereocenters. The first-order valence-corrected chi connectivity index (χ1v) is 6.81. The van der Waals surface area contributed by atoms with Crippen molar-refractivity contribution in [3.05, 3.63) is 35.6 Å². The molecule has 1 aromatic rings. The Morgan fingerprint density at radius 2 is 1.94 bits per heavy atom. The third-order valence-electron chi connectivity index (χ3n) is 2.07. The molecule has 1 aromatic carbocycles. The van der Waals surface area contributed by atoms with Crippen LogP contribution in [0.4, 0.5) is 4.39 Å². The van der Waals surface area contributed by atoms with Gasteiger partial charge in [-0.25, -0.2) is 17.5 Å². The van der Waals surface area contributed by atoms with Crippen LogP contribution in [0.3, 0.4) is 0 Å². The molecule has 96 valence electrons. The zero-order valence-corrected chi connectivity index (χ0v) is 10.6. The number of nitrogens with one attached hydrogen (secondary N) is 1. The van der Waals surface area contributed by atoms with E-state index in [2.05, 4.69) is 4.72 Å². The van der Waals surface area contributed by atoms with E-state index < -0.39 is 10.0 Å². The summed E-state index contributed by atoms with van der Waals surface area (Å²) < 4.78 is 43.4. The number of benzene rings is 1. The molecule has 0 fully saturated rings. The minimum atomic E-state index is -3.42. The second-order valence-corrected chi connectivity index (χ2v) is 5.61. The molecule has 6 heteroatoms. The lowest BCUT2D eigenvalue weighted by atomic mass is 10.2. The molecule has 0 aliphatic carbocycles. The summed E-state index contributed by atoms with van der Waals surface area (Å²) in [7, 11) is -1.92. The van der Waals surface area contributed by atoms with Crippen LogP contribution in [0.1, 0.15) is 12.5 Å². The lowest BCUT2D eigenvalue weighted by molar-refractivity contribution is 0.180. The van der Waals surface area contributed by atoms with E-state index in [0.29, 0.717) is 12.2 Å². The van der Waals surface area contributed by atoms with Crippen molar-refractivity contribution in [2.24, 2.45) is 0 Å². The van der Waals surface area contributed by atoms with Gasteiger partial charge in [-0.2, -0.15) is 0 Å². The lowest BCUT2D eigenvalue weighted by Crippen LogP contribution is -2.36. The van der Waals surface area contributed by atoms with Crippen molar-refractivity contribution in [3.8, 4) is 0 Å². The summed E-state index contributed by atoms with van der Waals surface area (Å²) >= 11 is 0. The van der Waals surface area contributed by atoms with E-state index in [4.69, 9.17) is 4.74 Å².